The van der Waals surface area contributed by atoms with Gasteiger partial charge in [0.15, 0.2) is 0 Å². The summed E-state index contributed by atoms with van der Waals surface area (Å²) in [7, 11) is 0. The van der Waals surface area contributed by atoms with Crippen molar-refractivity contribution in [1.82, 2.24) is 10.6 Å². The highest BCUT2D eigenvalue weighted by atomic mass is 79.9. The number of carboxylic acids is 1. The van der Waals surface area contributed by atoms with Crippen LogP contribution in [0.2, 0.25) is 0 Å². The van der Waals surface area contributed by atoms with E-state index < -0.39 is 11.5 Å². The van der Waals surface area contributed by atoms with Crippen molar-refractivity contribution in [2.24, 2.45) is 0 Å². The molecule has 0 radical (unpaired) electrons. The maximum Gasteiger partial charge on any atom is 0.303 e. The maximum absolute atomic E-state index is 11.9. The highest BCUT2D eigenvalue weighted by Gasteiger charge is 2.21. The van der Waals surface area contributed by atoms with E-state index in [1.807, 2.05) is 0 Å². The van der Waals surface area contributed by atoms with Gasteiger partial charge in [-0.05, 0) is 44.5 Å². The molecule has 0 spiro atoms. The fourth-order valence-electron chi connectivity index (χ4n) is 1.91. The summed E-state index contributed by atoms with van der Waals surface area (Å²) in [5.41, 5.74) is -0.0686. The van der Waals surface area contributed by atoms with Crippen LogP contribution in [0.3, 0.4) is 0 Å². The van der Waals surface area contributed by atoms with Crippen molar-refractivity contribution in [3.8, 4) is 0 Å². The van der Waals surface area contributed by atoms with E-state index in [4.69, 9.17) is 5.11 Å². The van der Waals surface area contributed by atoms with Gasteiger partial charge in [0, 0.05) is 35.0 Å². The molecule has 0 aliphatic carbocycles. The Morgan fingerprint density at radius 3 is 2.30 bits per heavy atom. The lowest BCUT2D eigenvalue weighted by Gasteiger charge is -2.25. The maximum atomic E-state index is 11.9. The van der Waals surface area contributed by atoms with E-state index >= 15 is 0 Å². The fraction of sp³-hybridized carbons (Fsp3) is 0.438. The topological polar surface area (TPSA) is 95.5 Å². The molecule has 0 aromatic heterocycles. The van der Waals surface area contributed by atoms with Crippen LogP contribution in [-0.2, 0) is 9.59 Å². The van der Waals surface area contributed by atoms with Crippen LogP contribution in [0.4, 0.5) is 0 Å². The lowest BCUT2D eigenvalue weighted by atomic mass is 9.98. The lowest BCUT2D eigenvalue weighted by Crippen LogP contribution is -2.44. The van der Waals surface area contributed by atoms with Crippen molar-refractivity contribution in [2.75, 3.05) is 6.54 Å². The molecule has 6 nitrogen and oxygen atoms in total. The molecule has 7 heteroatoms. The van der Waals surface area contributed by atoms with Gasteiger partial charge in [-0.3, -0.25) is 14.4 Å². The first-order chi connectivity index (χ1) is 10.7. The Kier molecular flexibility index (Phi) is 7.22. The molecule has 0 aliphatic heterocycles. The second kappa shape index (κ2) is 8.67. The summed E-state index contributed by atoms with van der Waals surface area (Å²) in [6.45, 7) is 3.76. The molecule has 0 saturated heterocycles. The standard InChI is InChI=1S/C16H21BrN2O4/c1-16(2,9-7-14(21)22)19-13(20)8-10-18-15(23)11-3-5-12(17)6-4-11/h3-6H,7-10H2,1-2H3,(H,18,23)(H,19,20)(H,21,22). The molecule has 0 fully saturated rings. The van der Waals surface area contributed by atoms with E-state index in [9.17, 15) is 14.4 Å². The molecule has 1 aromatic rings. The van der Waals surface area contributed by atoms with Crippen molar-refractivity contribution in [2.45, 2.75) is 38.6 Å². The largest absolute Gasteiger partial charge is 0.481 e. The summed E-state index contributed by atoms with van der Waals surface area (Å²) < 4.78 is 0.886. The second-order valence-corrected chi connectivity index (χ2v) is 6.75. The van der Waals surface area contributed by atoms with Crippen molar-refractivity contribution >= 4 is 33.7 Å². The van der Waals surface area contributed by atoms with Crippen LogP contribution in [0.1, 0.15) is 43.5 Å². The van der Waals surface area contributed by atoms with E-state index in [1.54, 1.807) is 38.1 Å². The number of hydrogen-bond acceptors (Lipinski definition) is 3. The molecule has 0 aliphatic rings. The van der Waals surface area contributed by atoms with Crippen LogP contribution >= 0.6 is 15.9 Å². The quantitative estimate of drug-likeness (QED) is 0.640. The summed E-state index contributed by atoms with van der Waals surface area (Å²) >= 11 is 3.29. The van der Waals surface area contributed by atoms with Gasteiger partial charge in [-0.1, -0.05) is 15.9 Å². The van der Waals surface area contributed by atoms with Crippen LogP contribution in [0.25, 0.3) is 0 Å². The SMILES string of the molecule is CC(C)(CCC(=O)O)NC(=O)CCNC(=O)c1ccc(Br)cc1. The van der Waals surface area contributed by atoms with Crippen LogP contribution < -0.4 is 10.6 Å². The zero-order chi connectivity index (χ0) is 17.5. The number of carboxylic acid groups (broad SMARTS) is 1. The fourth-order valence-corrected chi connectivity index (χ4v) is 2.18. The number of amides is 2. The highest BCUT2D eigenvalue weighted by molar-refractivity contribution is 9.10. The van der Waals surface area contributed by atoms with Crippen molar-refractivity contribution in [3.63, 3.8) is 0 Å². The number of aliphatic carboxylic acids is 1. The third-order valence-corrected chi connectivity index (χ3v) is 3.71. The van der Waals surface area contributed by atoms with Crippen LogP contribution in [0.5, 0.6) is 0 Å². The molecule has 1 rings (SSSR count). The molecule has 0 atom stereocenters. The van der Waals surface area contributed by atoms with Crippen molar-refractivity contribution < 1.29 is 19.5 Å². The highest BCUT2D eigenvalue weighted by Crippen LogP contribution is 2.12. The zero-order valence-electron chi connectivity index (χ0n) is 13.2. The van der Waals surface area contributed by atoms with Gasteiger partial charge >= 0.3 is 5.97 Å². The van der Waals surface area contributed by atoms with Gasteiger partial charge in [0.1, 0.15) is 0 Å². The van der Waals surface area contributed by atoms with Gasteiger partial charge in [0.05, 0.1) is 0 Å². The van der Waals surface area contributed by atoms with Gasteiger partial charge in [-0.25, -0.2) is 0 Å². The minimum Gasteiger partial charge on any atom is -0.481 e. The van der Waals surface area contributed by atoms with Gasteiger partial charge in [0.2, 0.25) is 5.91 Å². The van der Waals surface area contributed by atoms with Gasteiger partial charge < -0.3 is 15.7 Å². The lowest BCUT2D eigenvalue weighted by molar-refractivity contribution is -0.137. The van der Waals surface area contributed by atoms with Gasteiger partial charge in [-0.2, -0.15) is 0 Å². The number of halogens is 1. The third kappa shape index (κ3) is 7.78. The number of carbonyl (C=O) groups is 3. The average Bonchev–Trinajstić information content (AvgIpc) is 2.45. The number of carbonyl (C=O) groups excluding carboxylic acids is 2. The summed E-state index contributed by atoms with van der Waals surface area (Å²) in [4.78, 5) is 34.3. The molecule has 0 bridgehead atoms. The van der Waals surface area contributed by atoms with E-state index in [1.165, 1.54) is 0 Å². The van der Waals surface area contributed by atoms with Crippen LogP contribution in [0, 0.1) is 0 Å². The number of benzene rings is 1. The Morgan fingerprint density at radius 1 is 1.13 bits per heavy atom. The van der Waals surface area contributed by atoms with Gasteiger partial charge in [-0.15, -0.1) is 0 Å². The number of hydrogen-bond donors (Lipinski definition) is 3. The van der Waals surface area contributed by atoms with Crippen molar-refractivity contribution in [1.29, 1.82) is 0 Å². The van der Waals surface area contributed by atoms with Crippen molar-refractivity contribution in [3.05, 3.63) is 34.3 Å². The molecular formula is C16H21BrN2O4. The number of nitrogens with one attached hydrogen (secondary N) is 2. The molecule has 0 saturated carbocycles. The van der Waals surface area contributed by atoms with E-state index in [0.29, 0.717) is 12.0 Å². The van der Waals surface area contributed by atoms with Gasteiger partial charge in [0.25, 0.3) is 5.91 Å². The van der Waals surface area contributed by atoms with Crippen LogP contribution in [-0.4, -0.2) is 35.0 Å². The Bertz CT molecular complexity index is 570. The zero-order valence-corrected chi connectivity index (χ0v) is 14.8. The first-order valence-electron chi connectivity index (χ1n) is 7.26. The predicted octanol–water partition coefficient (Wildman–Crippen LogP) is 2.33. The summed E-state index contributed by atoms with van der Waals surface area (Å²) in [6.07, 6.45) is 0.478. The molecular weight excluding hydrogens is 364 g/mol. The summed E-state index contributed by atoms with van der Waals surface area (Å²) in [5.74, 6) is -1.36. The Balaban J connectivity index is 2.34. The molecule has 3 N–H and O–H groups in total. The monoisotopic (exact) mass is 384 g/mol. The Labute approximate surface area is 143 Å². The normalized spacial score (nSPS) is 10.9. The first-order valence-corrected chi connectivity index (χ1v) is 8.05. The average molecular weight is 385 g/mol. The van der Waals surface area contributed by atoms with E-state index in [0.717, 1.165) is 4.47 Å². The van der Waals surface area contributed by atoms with E-state index in [-0.39, 0.29) is 31.2 Å². The summed E-state index contributed by atoms with van der Waals surface area (Å²) in [5, 5.41) is 14.1. The predicted molar refractivity (Wildman–Crippen MR) is 90.2 cm³/mol. The Morgan fingerprint density at radius 2 is 1.74 bits per heavy atom. The van der Waals surface area contributed by atoms with E-state index in [2.05, 4.69) is 26.6 Å². The minimum atomic E-state index is -0.894. The minimum absolute atomic E-state index is 0.00637. The molecule has 23 heavy (non-hydrogen) atoms. The first kappa shape index (κ1) is 19.2. The molecule has 1 aromatic carbocycles. The second-order valence-electron chi connectivity index (χ2n) is 5.84. The number of rotatable bonds is 8. The molecule has 126 valence electrons. The third-order valence-electron chi connectivity index (χ3n) is 3.19. The Hall–Kier alpha value is -1.89. The molecule has 2 amide bonds. The van der Waals surface area contributed by atoms with Crippen LogP contribution in [0.15, 0.2) is 28.7 Å². The molecule has 0 heterocycles. The smallest absolute Gasteiger partial charge is 0.303 e. The molecule has 0 unspecified atom stereocenters. The summed E-state index contributed by atoms with van der Waals surface area (Å²) in [6, 6.07) is 6.92.